The van der Waals surface area contributed by atoms with Crippen molar-refractivity contribution < 1.29 is 18.7 Å². The van der Waals surface area contributed by atoms with Crippen molar-refractivity contribution >= 4 is 9.04 Å². The fourth-order valence-electron chi connectivity index (χ4n) is 3.55. The maximum absolute atomic E-state index is 14.9. The average molecular weight is 444 g/mol. The molecular weight excluding hydrogens is 407 g/mol. The molecule has 0 saturated carbocycles. The van der Waals surface area contributed by atoms with Gasteiger partial charge in [0, 0.05) is 11.0 Å². The molecule has 5 heteroatoms. The van der Waals surface area contributed by atoms with Crippen LogP contribution in [0.1, 0.15) is 58.0 Å². The maximum Gasteiger partial charge on any atom is 0.205 e. The lowest BCUT2D eigenvalue weighted by atomic mass is 9.78. The van der Waals surface area contributed by atoms with Crippen molar-refractivity contribution in [3.05, 3.63) is 66.0 Å². The molecule has 0 aliphatic heterocycles. The van der Waals surface area contributed by atoms with Crippen molar-refractivity contribution in [1.82, 2.24) is 0 Å². The van der Waals surface area contributed by atoms with Crippen molar-refractivity contribution in [3.63, 3.8) is 0 Å². The van der Waals surface area contributed by atoms with Crippen LogP contribution in [0.2, 0.25) is 13.1 Å². The minimum absolute atomic E-state index is 0.138. The lowest BCUT2D eigenvalue weighted by Gasteiger charge is -2.35. The molecule has 2 unspecified atom stereocenters. The van der Waals surface area contributed by atoms with E-state index >= 15 is 0 Å². The molecule has 3 nitrogen and oxygen atoms in total. The number of aliphatic hydroxyl groups excluding tert-OH is 1. The van der Waals surface area contributed by atoms with E-state index in [1.165, 1.54) is 6.07 Å². The number of ether oxygens (including phenoxy) is 1. The molecule has 2 aromatic rings. The van der Waals surface area contributed by atoms with E-state index in [2.05, 4.69) is 40.4 Å². The molecule has 2 atom stereocenters. The van der Waals surface area contributed by atoms with Gasteiger partial charge >= 0.3 is 0 Å². The predicted octanol–water partition coefficient (Wildman–Crippen LogP) is 7.10. The van der Waals surface area contributed by atoms with Gasteiger partial charge in [-0.15, -0.1) is 6.58 Å². The zero-order chi connectivity index (χ0) is 23.6. The third-order valence-corrected chi connectivity index (χ3v) is 6.21. The number of hydrogen-bond acceptors (Lipinski definition) is 3. The van der Waals surface area contributed by atoms with Gasteiger partial charge in [-0.3, -0.25) is 0 Å². The van der Waals surface area contributed by atoms with E-state index in [4.69, 9.17) is 9.16 Å². The van der Waals surface area contributed by atoms with Crippen LogP contribution in [0, 0.1) is 16.6 Å². The molecule has 0 heterocycles. The SMILES string of the molecule is C=CC(C)(C)C(O)c1cc(C(O[Si](C)C)C(C)(C)C)ccc1-c1cc(OC)ccc1F. The number of methoxy groups -OCH3 is 1. The van der Waals surface area contributed by atoms with Crippen molar-refractivity contribution in [2.24, 2.45) is 10.8 Å². The summed E-state index contributed by atoms with van der Waals surface area (Å²) in [4.78, 5) is 0. The number of hydrogen-bond donors (Lipinski definition) is 1. The molecule has 0 fully saturated rings. The molecule has 0 saturated heterocycles. The Kier molecular flexibility index (Phi) is 7.90. The molecule has 0 aromatic heterocycles. The van der Waals surface area contributed by atoms with E-state index in [0.717, 1.165) is 5.56 Å². The normalized spacial score (nSPS) is 14.4. The smallest absolute Gasteiger partial charge is 0.205 e. The number of aliphatic hydroxyl groups is 1. The van der Waals surface area contributed by atoms with Crippen LogP contribution >= 0.6 is 0 Å². The van der Waals surface area contributed by atoms with Gasteiger partial charge < -0.3 is 14.3 Å². The first-order chi connectivity index (χ1) is 14.3. The minimum atomic E-state index is -0.960. The van der Waals surface area contributed by atoms with E-state index in [-0.39, 0.29) is 17.3 Å². The summed E-state index contributed by atoms with van der Waals surface area (Å²) >= 11 is 0. The lowest BCUT2D eigenvalue weighted by molar-refractivity contribution is 0.0783. The Hall–Kier alpha value is -1.95. The topological polar surface area (TPSA) is 38.7 Å². The molecule has 0 aliphatic carbocycles. The number of rotatable bonds is 8. The quantitative estimate of drug-likeness (QED) is 0.349. The van der Waals surface area contributed by atoms with Crippen LogP contribution in [-0.4, -0.2) is 21.3 Å². The molecule has 1 radical (unpaired) electrons. The Labute approximate surface area is 188 Å². The summed E-state index contributed by atoms with van der Waals surface area (Å²) < 4.78 is 26.5. The Morgan fingerprint density at radius 1 is 1.03 bits per heavy atom. The largest absolute Gasteiger partial charge is 0.497 e. The highest BCUT2D eigenvalue weighted by molar-refractivity contribution is 6.48. The summed E-state index contributed by atoms with van der Waals surface area (Å²) in [6.45, 7) is 18.4. The van der Waals surface area contributed by atoms with Gasteiger partial charge in [0.15, 0.2) is 0 Å². The lowest BCUT2D eigenvalue weighted by Crippen LogP contribution is -2.26. The Bertz CT molecular complexity index is 915. The first-order valence-electron chi connectivity index (χ1n) is 10.6. The average Bonchev–Trinajstić information content (AvgIpc) is 2.70. The third-order valence-electron chi connectivity index (χ3n) is 5.51. The third kappa shape index (κ3) is 5.85. The second kappa shape index (κ2) is 9.68. The van der Waals surface area contributed by atoms with Crippen molar-refractivity contribution in [2.45, 2.75) is 59.9 Å². The molecule has 169 valence electrons. The van der Waals surface area contributed by atoms with Gasteiger partial charge in [0.05, 0.1) is 19.3 Å². The summed E-state index contributed by atoms with van der Waals surface area (Å²) in [6, 6.07) is 10.5. The second-order valence-corrected chi connectivity index (χ2v) is 11.9. The number of benzene rings is 2. The zero-order valence-corrected chi connectivity index (χ0v) is 21.0. The van der Waals surface area contributed by atoms with Gasteiger partial charge in [-0.25, -0.2) is 4.39 Å². The highest BCUT2D eigenvalue weighted by Gasteiger charge is 2.32. The first kappa shape index (κ1) is 25.3. The predicted molar refractivity (Wildman–Crippen MR) is 128 cm³/mol. The molecule has 0 bridgehead atoms. The van der Waals surface area contributed by atoms with Gasteiger partial charge in [0.2, 0.25) is 9.04 Å². The molecule has 2 aromatic carbocycles. The minimum Gasteiger partial charge on any atom is -0.497 e. The van der Waals surface area contributed by atoms with Crippen LogP contribution in [0.15, 0.2) is 49.1 Å². The summed E-state index contributed by atoms with van der Waals surface area (Å²) in [5.74, 6) is 0.193. The van der Waals surface area contributed by atoms with Crippen LogP contribution in [0.25, 0.3) is 11.1 Å². The Morgan fingerprint density at radius 2 is 1.68 bits per heavy atom. The van der Waals surface area contributed by atoms with Gasteiger partial charge in [0.25, 0.3) is 0 Å². The highest BCUT2D eigenvalue weighted by Crippen LogP contribution is 2.44. The molecule has 0 aliphatic rings. The fraction of sp³-hybridized carbons (Fsp3) is 0.462. The van der Waals surface area contributed by atoms with Crippen LogP contribution < -0.4 is 4.74 Å². The molecule has 2 rings (SSSR count). The zero-order valence-electron chi connectivity index (χ0n) is 20.0. The molecule has 0 amide bonds. The van der Waals surface area contributed by atoms with E-state index in [1.54, 1.807) is 25.3 Å². The first-order valence-corrected chi connectivity index (χ1v) is 13.0. The van der Waals surface area contributed by atoms with Crippen LogP contribution in [-0.2, 0) is 4.43 Å². The van der Waals surface area contributed by atoms with Gasteiger partial charge in [-0.2, -0.15) is 0 Å². The standard InChI is InChI=1S/C26H36FO3Si/c1-10-26(5,6)23(28)21-15-17(24(25(2,3)4)30-31(8)9)11-13-19(21)20-16-18(29-7)12-14-22(20)27/h10-16,23-24,28H,1H2,2-9H3. The maximum atomic E-state index is 14.9. The summed E-state index contributed by atoms with van der Waals surface area (Å²) in [5.41, 5.74) is 1.90. The highest BCUT2D eigenvalue weighted by atomic mass is 28.3. The fourth-order valence-corrected chi connectivity index (χ4v) is 4.51. The summed E-state index contributed by atoms with van der Waals surface area (Å²) in [7, 11) is 0.592. The van der Waals surface area contributed by atoms with Gasteiger partial charge in [-0.1, -0.05) is 52.8 Å². The van der Waals surface area contributed by atoms with E-state index in [1.807, 2.05) is 32.0 Å². The monoisotopic (exact) mass is 443 g/mol. The molecule has 0 spiro atoms. The molecule has 31 heavy (non-hydrogen) atoms. The van der Waals surface area contributed by atoms with Crippen molar-refractivity contribution in [2.75, 3.05) is 7.11 Å². The van der Waals surface area contributed by atoms with Crippen molar-refractivity contribution in [3.8, 4) is 16.9 Å². The summed E-state index contributed by atoms with van der Waals surface area (Å²) in [6.07, 6.45) is 0.713. The molecule has 1 N–H and O–H groups in total. The van der Waals surface area contributed by atoms with E-state index in [0.29, 0.717) is 22.4 Å². The molecular formula is C26H36FO3Si. The van der Waals surface area contributed by atoms with E-state index in [9.17, 15) is 9.50 Å². The second-order valence-electron chi connectivity index (χ2n) is 9.89. The van der Waals surface area contributed by atoms with Crippen LogP contribution in [0.4, 0.5) is 4.39 Å². The van der Waals surface area contributed by atoms with E-state index < -0.39 is 20.6 Å². The Morgan fingerprint density at radius 3 is 2.19 bits per heavy atom. The van der Waals surface area contributed by atoms with Crippen LogP contribution in [0.3, 0.4) is 0 Å². The van der Waals surface area contributed by atoms with Crippen LogP contribution in [0.5, 0.6) is 5.75 Å². The summed E-state index contributed by atoms with van der Waals surface area (Å²) in [5, 5.41) is 11.3. The Balaban J connectivity index is 2.77. The van der Waals surface area contributed by atoms with Gasteiger partial charge in [0.1, 0.15) is 11.6 Å². The van der Waals surface area contributed by atoms with Crippen molar-refractivity contribution in [1.29, 1.82) is 0 Å². The van der Waals surface area contributed by atoms with Gasteiger partial charge in [-0.05, 0) is 59.5 Å². The number of halogens is 1.